The first-order valence-corrected chi connectivity index (χ1v) is 8.00. The minimum atomic E-state index is -1.05. The Kier molecular flexibility index (Phi) is 6.68. The zero-order valence-corrected chi connectivity index (χ0v) is 13.3. The molecular weight excluding hydrogens is 354 g/mol. The minimum absolute atomic E-state index is 0.256. The molecule has 19 heavy (non-hydrogen) atoms. The van der Waals surface area contributed by atoms with Crippen LogP contribution >= 0.6 is 39.3 Å². The number of thioether (sulfide) groups is 1. The van der Waals surface area contributed by atoms with Crippen LogP contribution < -0.4 is 5.32 Å². The van der Waals surface area contributed by atoms with Gasteiger partial charge < -0.3 is 10.4 Å². The molecule has 7 heteroatoms. The smallest absolute Gasteiger partial charge is 0.326 e. The number of carbonyl (C=O) groups is 2. The first-order chi connectivity index (χ1) is 8.95. The molecule has 0 bridgehead atoms. The summed E-state index contributed by atoms with van der Waals surface area (Å²) in [5.41, 5.74) is 0.256. The normalized spacial score (nSPS) is 11.9. The summed E-state index contributed by atoms with van der Waals surface area (Å²) in [7, 11) is 0. The minimum Gasteiger partial charge on any atom is -0.480 e. The van der Waals surface area contributed by atoms with Gasteiger partial charge in [0.1, 0.15) is 6.04 Å². The molecule has 0 radical (unpaired) electrons. The van der Waals surface area contributed by atoms with E-state index >= 15 is 0 Å². The Balaban J connectivity index is 2.81. The van der Waals surface area contributed by atoms with Gasteiger partial charge in [-0.05, 0) is 36.6 Å². The fourth-order valence-electron chi connectivity index (χ4n) is 1.40. The van der Waals surface area contributed by atoms with E-state index in [0.717, 1.165) is 0 Å². The van der Waals surface area contributed by atoms with Gasteiger partial charge in [-0.25, -0.2) is 4.79 Å². The highest BCUT2D eigenvalue weighted by atomic mass is 79.9. The van der Waals surface area contributed by atoms with E-state index in [1.807, 2.05) is 6.26 Å². The van der Waals surface area contributed by atoms with Crippen LogP contribution in [0.1, 0.15) is 16.8 Å². The first kappa shape index (κ1) is 16.3. The van der Waals surface area contributed by atoms with Gasteiger partial charge in [-0.3, -0.25) is 4.79 Å². The second-order valence-corrected chi connectivity index (χ2v) is 6.08. The third-order valence-corrected chi connectivity index (χ3v) is 3.85. The average Bonchev–Trinajstić information content (AvgIpc) is 2.36. The number of carboxylic acid groups (broad SMARTS) is 1. The molecule has 1 aromatic rings. The molecule has 0 aliphatic carbocycles. The van der Waals surface area contributed by atoms with Gasteiger partial charge >= 0.3 is 5.97 Å². The number of benzene rings is 1. The van der Waals surface area contributed by atoms with E-state index in [9.17, 15) is 9.59 Å². The maximum absolute atomic E-state index is 12.0. The zero-order valence-electron chi connectivity index (χ0n) is 10.2. The zero-order chi connectivity index (χ0) is 14.4. The van der Waals surface area contributed by atoms with Crippen molar-refractivity contribution in [3.05, 3.63) is 33.3 Å². The molecule has 1 amide bonds. The molecule has 0 spiro atoms. The molecule has 104 valence electrons. The van der Waals surface area contributed by atoms with E-state index < -0.39 is 17.9 Å². The highest BCUT2D eigenvalue weighted by molar-refractivity contribution is 9.10. The van der Waals surface area contributed by atoms with Crippen LogP contribution in [0.15, 0.2) is 22.7 Å². The summed E-state index contributed by atoms with van der Waals surface area (Å²) in [6.07, 6.45) is 2.25. The Morgan fingerprint density at radius 3 is 2.79 bits per heavy atom. The summed E-state index contributed by atoms with van der Waals surface area (Å²) in [6.45, 7) is 0. The third kappa shape index (κ3) is 5.04. The molecule has 0 aromatic heterocycles. The molecule has 1 rings (SSSR count). The molecule has 2 N–H and O–H groups in total. The lowest BCUT2D eigenvalue weighted by Crippen LogP contribution is -2.41. The summed E-state index contributed by atoms with van der Waals surface area (Å²) >= 11 is 10.7. The van der Waals surface area contributed by atoms with Crippen LogP contribution in [0.2, 0.25) is 5.02 Å². The molecule has 4 nitrogen and oxygen atoms in total. The molecule has 0 saturated carbocycles. The highest BCUT2D eigenvalue weighted by Crippen LogP contribution is 2.21. The molecule has 0 aliphatic rings. The highest BCUT2D eigenvalue weighted by Gasteiger charge is 2.21. The Bertz CT molecular complexity index is 484. The van der Waals surface area contributed by atoms with Crippen molar-refractivity contribution in [3.8, 4) is 0 Å². The molecule has 0 saturated heterocycles. The molecule has 1 aromatic carbocycles. The van der Waals surface area contributed by atoms with Crippen LogP contribution in [0.5, 0.6) is 0 Å². The second kappa shape index (κ2) is 7.77. The lowest BCUT2D eigenvalue weighted by molar-refractivity contribution is -0.139. The van der Waals surface area contributed by atoms with Crippen molar-refractivity contribution in [1.29, 1.82) is 0 Å². The quantitative estimate of drug-likeness (QED) is 0.812. The SMILES string of the molecule is CSCCC(NC(=O)c1cc(Br)ccc1Cl)C(=O)O. The van der Waals surface area contributed by atoms with Crippen LogP contribution in [0, 0.1) is 0 Å². The molecule has 1 atom stereocenters. The predicted octanol–water partition coefficient (Wildman–Crippen LogP) is 3.04. The number of hydrogen-bond donors (Lipinski definition) is 2. The summed E-state index contributed by atoms with van der Waals surface area (Å²) in [5.74, 6) is -0.878. The monoisotopic (exact) mass is 365 g/mol. The lowest BCUT2D eigenvalue weighted by atomic mass is 10.1. The largest absolute Gasteiger partial charge is 0.480 e. The van der Waals surface area contributed by atoms with Gasteiger partial charge in [0.05, 0.1) is 10.6 Å². The van der Waals surface area contributed by atoms with Crippen LogP contribution in [0.25, 0.3) is 0 Å². The number of carbonyl (C=O) groups excluding carboxylic acids is 1. The molecule has 0 heterocycles. The van der Waals surface area contributed by atoms with E-state index in [2.05, 4.69) is 21.2 Å². The van der Waals surface area contributed by atoms with Crippen LogP contribution in [0.4, 0.5) is 0 Å². The van der Waals surface area contributed by atoms with Crippen molar-refractivity contribution in [1.82, 2.24) is 5.32 Å². The Labute approximate surface area is 129 Å². The maximum atomic E-state index is 12.0. The van der Waals surface area contributed by atoms with Gasteiger partial charge in [-0.1, -0.05) is 27.5 Å². The summed E-state index contributed by atoms with van der Waals surface area (Å²) < 4.78 is 0.707. The van der Waals surface area contributed by atoms with Crippen molar-refractivity contribution < 1.29 is 14.7 Å². The van der Waals surface area contributed by atoms with Gasteiger partial charge in [-0.15, -0.1) is 0 Å². The van der Waals surface area contributed by atoms with Crippen LogP contribution in [-0.4, -0.2) is 35.0 Å². The van der Waals surface area contributed by atoms with Gasteiger partial charge in [0, 0.05) is 4.47 Å². The number of nitrogens with one attached hydrogen (secondary N) is 1. The third-order valence-electron chi connectivity index (χ3n) is 2.39. The van der Waals surface area contributed by atoms with E-state index in [0.29, 0.717) is 16.6 Å². The van der Waals surface area contributed by atoms with Gasteiger partial charge in [0.15, 0.2) is 0 Å². The van der Waals surface area contributed by atoms with Crippen molar-refractivity contribution in [3.63, 3.8) is 0 Å². The number of aliphatic carboxylic acids is 1. The molecule has 0 fully saturated rings. The fraction of sp³-hybridized carbons (Fsp3) is 0.333. The maximum Gasteiger partial charge on any atom is 0.326 e. The van der Waals surface area contributed by atoms with Crippen molar-refractivity contribution in [2.45, 2.75) is 12.5 Å². The Hall–Kier alpha value is -0.720. The number of hydrogen-bond acceptors (Lipinski definition) is 3. The lowest BCUT2D eigenvalue weighted by Gasteiger charge is -2.14. The Morgan fingerprint density at radius 2 is 2.21 bits per heavy atom. The van der Waals surface area contributed by atoms with Gasteiger partial charge in [0.25, 0.3) is 5.91 Å². The average molecular weight is 367 g/mol. The summed E-state index contributed by atoms with van der Waals surface area (Å²) in [6, 6.07) is 3.94. The number of amides is 1. The van der Waals surface area contributed by atoms with Gasteiger partial charge in [-0.2, -0.15) is 11.8 Å². The predicted molar refractivity (Wildman–Crippen MR) is 81.0 cm³/mol. The number of halogens is 2. The number of rotatable bonds is 6. The van der Waals surface area contributed by atoms with Crippen molar-refractivity contribution in [2.75, 3.05) is 12.0 Å². The van der Waals surface area contributed by atoms with E-state index in [4.69, 9.17) is 16.7 Å². The topological polar surface area (TPSA) is 66.4 Å². The Morgan fingerprint density at radius 1 is 1.53 bits per heavy atom. The van der Waals surface area contributed by atoms with E-state index in [1.165, 1.54) is 11.8 Å². The molecule has 1 unspecified atom stereocenters. The van der Waals surface area contributed by atoms with E-state index in [-0.39, 0.29) is 10.6 Å². The summed E-state index contributed by atoms with van der Waals surface area (Å²) in [4.78, 5) is 23.1. The van der Waals surface area contributed by atoms with Crippen molar-refractivity contribution >= 4 is 51.2 Å². The van der Waals surface area contributed by atoms with E-state index in [1.54, 1.807) is 18.2 Å². The van der Waals surface area contributed by atoms with Crippen LogP contribution in [-0.2, 0) is 4.79 Å². The molecule has 0 aliphatic heterocycles. The fourth-order valence-corrected chi connectivity index (χ4v) is 2.44. The first-order valence-electron chi connectivity index (χ1n) is 5.43. The standard InChI is InChI=1S/C12H13BrClNO3S/c1-19-5-4-10(12(17)18)15-11(16)8-6-7(13)2-3-9(8)14/h2-3,6,10H,4-5H2,1H3,(H,15,16)(H,17,18). The summed E-state index contributed by atoms with van der Waals surface area (Å²) in [5, 5.41) is 11.8. The molecular formula is C12H13BrClNO3S. The second-order valence-electron chi connectivity index (χ2n) is 3.77. The number of carboxylic acids is 1. The van der Waals surface area contributed by atoms with Crippen molar-refractivity contribution in [2.24, 2.45) is 0 Å². The van der Waals surface area contributed by atoms with Gasteiger partial charge in [0.2, 0.25) is 0 Å². The van der Waals surface area contributed by atoms with Crippen LogP contribution in [0.3, 0.4) is 0 Å².